The van der Waals surface area contributed by atoms with E-state index in [9.17, 15) is 10.1 Å². The van der Waals surface area contributed by atoms with Crippen LogP contribution in [0, 0.1) is 11.3 Å². The smallest absolute Gasteiger partial charge is 0.402 e. The molecule has 1 aliphatic heterocycles. The van der Waals surface area contributed by atoms with Crippen LogP contribution >= 0.6 is 0 Å². The normalized spacial score (nSPS) is 19.1. The topological polar surface area (TPSA) is 114 Å². The molecule has 9 nitrogen and oxygen atoms in total. The highest BCUT2D eigenvalue weighted by Gasteiger charge is 2.54. The van der Waals surface area contributed by atoms with Gasteiger partial charge in [-0.05, 0) is 77.5 Å². The van der Waals surface area contributed by atoms with Crippen LogP contribution in [0.3, 0.4) is 0 Å². The standard InChI is InChI=1S/C29H37BN6O3/c1-21-9-11-23(12-10-21)17-26(30-38-28(2,3)29(4,5)39-30)35-27(37)33-14-13-22-7-6-8-24(15-22)16-25(18-31)36-20-32-19-34-36/h6-9,11,15-16,19-20,26H,10,12-14,17H2,1-5H3,(H2,33,35,37). The van der Waals surface area contributed by atoms with Crippen LogP contribution < -0.4 is 10.6 Å². The van der Waals surface area contributed by atoms with E-state index in [0.717, 1.165) is 24.0 Å². The van der Waals surface area contributed by atoms with Crippen LogP contribution in [0.5, 0.6) is 0 Å². The zero-order valence-corrected chi connectivity index (χ0v) is 23.4. The van der Waals surface area contributed by atoms with Crippen LogP contribution in [0.15, 0.2) is 60.2 Å². The van der Waals surface area contributed by atoms with Crippen LogP contribution in [0.4, 0.5) is 4.79 Å². The molecule has 1 aromatic carbocycles. The number of benzene rings is 1. The second kappa shape index (κ2) is 12.0. The van der Waals surface area contributed by atoms with E-state index in [1.54, 1.807) is 6.08 Å². The lowest BCUT2D eigenvalue weighted by Crippen LogP contribution is -2.51. The summed E-state index contributed by atoms with van der Waals surface area (Å²) in [4.78, 5) is 16.9. The van der Waals surface area contributed by atoms with E-state index < -0.39 is 18.3 Å². The summed E-state index contributed by atoms with van der Waals surface area (Å²) in [5.41, 5.74) is 3.95. The van der Waals surface area contributed by atoms with Gasteiger partial charge in [0.1, 0.15) is 24.4 Å². The minimum Gasteiger partial charge on any atom is -0.402 e. The molecule has 0 saturated carbocycles. The van der Waals surface area contributed by atoms with Crippen LogP contribution in [0.1, 0.15) is 65.0 Å². The maximum absolute atomic E-state index is 13.0. The van der Waals surface area contributed by atoms with Gasteiger partial charge in [0.25, 0.3) is 0 Å². The summed E-state index contributed by atoms with van der Waals surface area (Å²) in [5.74, 6) is -0.321. The number of nitrogens with zero attached hydrogens (tertiary/aromatic N) is 4. The number of rotatable bonds is 9. The third kappa shape index (κ3) is 7.25. The summed E-state index contributed by atoms with van der Waals surface area (Å²) in [6, 6.07) is 9.72. The molecule has 1 atom stereocenters. The summed E-state index contributed by atoms with van der Waals surface area (Å²) in [6.45, 7) is 10.7. The summed E-state index contributed by atoms with van der Waals surface area (Å²) >= 11 is 0. The number of nitrogens with one attached hydrogen (secondary N) is 2. The molecule has 0 spiro atoms. The highest BCUT2D eigenvalue weighted by Crippen LogP contribution is 2.38. The van der Waals surface area contributed by atoms with Gasteiger partial charge in [-0.1, -0.05) is 47.6 Å². The van der Waals surface area contributed by atoms with Gasteiger partial charge < -0.3 is 19.9 Å². The van der Waals surface area contributed by atoms with Crippen molar-refractivity contribution in [3.63, 3.8) is 0 Å². The van der Waals surface area contributed by atoms with Crippen LogP contribution in [0.2, 0.25) is 0 Å². The number of nitriles is 1. The van der Waals surface area contributed by atoms with Gasteiger partial charge >= 0.3 is 13.1 Å². The van der Waals surface area contributed by atoms with Crippen molar-refractivity contribution in [1.82, 2.24) is 25.4 Å². The quantitative estimate of drug-likeness (QED) is 0.360. The zero-order valence-electron chi connectivity index (χ0n) is 23.4. The lowest BCUT2D eigenvalue weighted by atomic mass is 9.73. The minimum atomic E-state index is -0.545. The molecule has 1 unspecified atom stereocenters. The highest BCUT2D eigenvalue weighted by molar-refractivity contribution is 6.48. The average Bonchev–Trinajstić information content (AvgIpc) is 3.49. The SMILES string of the molecule is CC1=CC=C(CC(NC(=O)NCCc2cccc(C=C(C#N)n3cncn3)c2)B2OC(C)(C)C(C)(C)O2)CC1. The van der Waals surface area contributed by atoms with Crippen molar-refractivity contribution in [3.8, 4) is 6.07 Å². The fourth-order valence-corrected chi connectivity index (χ4v) is 4.52. The van der Waals surface area contributed by atoms with Crippen LogP contribution in [-0.2, 0) is 15.7 Å². The number of carbonyl (C=O) groups is 1. The molecule has 0 radical (unpaired) electrons. The first-order chi connectivity index (χ1) is 18.6. The van der Waals surface area contributed by atoms with Gasteiger partial charge in [0.05, 0.1) is 17.1 Å². The first kappa shape index (κ1) is 28.3. The Bertz CT molecular complexity index is 1290. The molecular weight excluding hydrogens is 491 g/mol. The predicted molar refractivity (Wildman–Crippen MR) is 152 cm³/mol. The van der Waals surface area contributed by atoms with Gasteiger partial charge in [-0.2, -0.15) is 10.4 Å². The minimum absolute atomic E-state index is 0.258. The Kier molecular flexibility index (Phi) is 8.73. The van der Waals surface area contributed by atoms with Gasteiger partial charge in [-0.25, -0.2) is 14.5 Å². The molecule has 39 heavy (non-hydrogen) atoms. The fourth-order valence-electron chi connectivity index (χ4n) is 4.52. The summed E-state index contributed by atoms with van der Waals surface area (Å²) in [6.07, 6.45) is 12.2. The molecule has 1 aromatic heterocycles. The molecule has 4 rings (SSSR count). The van der Waals surface area contributed by atoms with Gasteiger partial charge in [-0.3, -0.25) is 0 Å². The number of urea groups is 1. The molecule has 2 heterocycles. The number of aromatic nitrogens is 3. The van der Waals surface area contributed by atoms with Crippen molar-refractivity contribution in [2.45, 2.75) is 77.4 Å². The second-order valence-corrected chi connectivity index (χ2v) is 11.1. The molecule has 0 bridgehead atoms. The van der Waals surface area contributed by atoms with Gasteiger partial charge in [-0.15, -0.1) is 0 Å². The Hall–Kier alpha value is -3.68. The summed E-state index contributed by atoms with van der Waals surface area (Å²) < 4.78 is 14.0. The second-order valence-electron chi connectivity index (χ2n) is 11.1. The molecule has 1 aliphatic carbocycles. The third-order valence-electron chi connectivity index (χ3n) is 7.58. The molecular formula is C29H37BN6O3. The van der Waals surface area contributed by atoms with Crippen molar-refractivity contribution in [2.24, 2.45) is 0 Å². The molecule has 10 heteroatoms. The third-order valence-corrected chi connectivity index (χ3v) is 7.58. The van der Waals surface area contributed by atoms with Crippen molar-refractivity contribution >= 4 is 24.9 Å². The van der Waals surface area contributed by atoms with Gasteiger partial charge in [0.15, 0.2) is 0 Å². The lowest BCUT2D eigenvalue weighted by Gasteiger charge is -2.32. The van der Waals surface area contributed by atoms with E-state index in [1.165, 1.54) is 28.5 Å². The first-order valence-electron chi connectivity index (χ1n) is 13.4. The number of carbonyl (C=O) groups excluding carboxylic acids is 1. The molecule has 2 N–H and O–H groups in total. The van der Waals surface area contributed by atoms with E-state index in [2.05, 4.69) is 45.9 Å². The number of allylic oxidation sites excluding steroid dienone is 4. The van der Waals surface area contributed by atoms with E-state index in [4.69, 9.17) is 9.31 Å². The Balaban J connectivity index is 1.37. The Labute approximate surface area is 231 Å². The zero-order chi connectivity index (χ0) is 28.0. The number of amides is 2. The maximum atomic E-state index is 13.0. The van der Waals surface area contributed by atoms with Crippen LogP contribution in [0.25, 0.3) is 11.8 Å². The maximum Gasteiger partial charge on any atom is 0.482 e. The summed E-state index contributed by atoms with van der Waals surface area (Å²) in [5, 5.41) is 19.6. The van der Waals surface area contributed by atoms with E-state index in [-0.39, 0.29) is 12.0 Å². The molecule has 2 amide bonds. The Morgan fingerprint density at radius 3 is 2.64 bits per heavy atom. The highest BCUT2D eigenvalue weighted by atomic mass is 16.7. The van der Waals surface area contributed by atoms with E-state index >= 15 is 0 Å². The first-order valence-corrected chi connectivity index (χ1v) is 13.4. The number of hydrogen-bond acceptors (Lipinski definition) is 6. The Morgan fingerprint density at radius 1 is 1.23 bits per heavy atom. The summed E-state index contributed by atoms with van der Waals surface area (Å²) in [7, 11) is -0.545. The average molecular weight is 528 g/mol. The van der Waals surface area contributed by atoms with Gasteiger partial charge in [0, 0.05) is 6.54 Å². The monoisotopic (exact) mass is 528 g/mol. The largest absolute Gasteiger partial charge is 0.482 e. The molecule has 1 fully saturated rings. The fraction of sp³-hybridized carbons (Fsp3) is 0.448. The number of hydrogen-bond donors (Lipinski definition) is 2. The predicted octanol–water partition coefficient (Wildman–Crippen LogP) is 4.70. The molecule has 1 saturated heterocycles. The van der Waals surface area contributed by atoms with Crippen molar-refractivity contribution in [3.05, 3.63) is 71.3 Å². The Morgan fingerprint density at radius 2 is 2.00 bits per heavy atom. The van der Waals surface area contributed by atoms with Crippen molar-refractivity contribution < 1.29 is 14.1 Å². The van der Waals surface area contributed by atoms with Gasteiger partial charge in [0.2, 0.25) is 0 Å². The van der Waals surface area contributed by atoms with E-state index in [1.807, 2.05) is 52.0 Å². The molecule has 204 valence electrons. The van der Waals surface area contributed by atoms with Crippen molar-refractivity contribution in [1.29, 1.82) is 5.26 Å². The van der Waals surface area contributed by atoms with E-state index in [0.29, 0.717) is 25.1 Å². The lowest BCUT2D eigenvalue weighted by molar-refractivity contribution is 0.00578. The molecule has 2 aliphatic rings. The van der Waals surface area contributed by atoms with Crippen molar-refractivity contribution in [2.75, 3.05) is 6.54 Å². The van der Waals surface area contributed by atoms with Crippen LogP contribution in [-0.4, -0.2) is 51.6 Å². The molecule has 2 aromatic rings.